The van der Waals surface area contributed by atoms with Crippen LogP contribution in [0.15, 0.2) is 41.3 Å². The number of methoxy groups -OCH3 is 2. The van der Waals surface area contributed by atoms with Gasteiger partial charge in [0.1, 0.15) is 0 Å². The average molecular weight is 495 g/mol. The van der Waals surface area contributed by atoms with Crippen LogP contribution in [0.4, 0.5) is 5.69 Å². The molecule has 33 heavy (non-hydrogen) atoms. The summed E-state index contributed by atoms with van der Waals surface area (Å²) in [4.78, 5) is 36.8. The topological polar surface area (TPSA) is 119 Å². The Bertz CT molecular complexity index is 1160. The molecule has 0 aliphatic carbocycles. The van der Waals surface area contributed by atoms with E-state index in [1.54, 1.807) is 0 Å². The van der Waals surface area contributed by atoms with E-state index in [0.29, 0.717) is 13.1 Å². The van der Waals surface area contributed by atoms with Crippen molar-refractivity contribution in [1.29, 1.82) is 0 Å². The van der Waals surface area contributed by atoms with Gasteiger partial charge in [0, 0.05) is 18.8 Å². The molecule has 1 fully saturated rings. The number of sulfonamides is 1. The lowest BCUT2D eigenvalue weighted by atomic mass is 10.1. The molecule has 2 aromatic carbocycles. The fourth-order valence-corrected chi connectivity index (χ4v) is 5.21. The Morgan fingerprint density at radius 3 is 2.03 bits per heavy atom. The van der Waals surface area contributed by atoms with Gasteiger partial charge in [-0.05, 0) is 49.2 Å². The number of anilines is 1. The fourth-order valence-electron chi connectivity index (χ4n) is 3.46. The standard InChI is InChI=1S/C22H23ClN2O7S/c1-31-21(27)14-10-15(22(28)32-2)12-16(11-14)24-20(26)18-13-17(6-7-19(18)23)33(29,30)25-8-4-3-5-9-25/h6-7,10-13H,3-5,8-9H2,1-2H3,(H,24,26). The molecular weight excluding hydrogens is 472 g/mol. The zero-order valence-corrected chi connectivity index (χ0v) is 19.7. The van der Waals surface area contributed by atoms with Crippen LogP contribution in [0.1, 0.15) is 50.3 Å². The monoisotopic (exact) mass is 494 g/mol. The van der Waals surface area contributed by atoms with Crippen LogP contribution in [0.2, 0.25) is 5.02 Å². The molecule has 0 radical (unpaired) electrons. The number of rotatable bonds is 6. The summed E-state index contributed by atoms with van der Waals surface area (Å²) in [6.07, 6.45) is 2.52. The van der Waals surface area contributed by atoms with Gasteiger partial charge in [0.2, 0.25) is 10.0 Å². The molecule has 176 valence electrons. The first kappa shape index (κ1) is 24.7. The number of carbonyl (C=O) groups is 3. The van der Waals surface area contributed by atoms with Crippen LogP contribution in [0, 0.1) is 0 Å². The summed E-state index contributed by atoms with van der Waals surface area (Å²) in [6.45, 7) is 0.840. The maximum absolute atomic E-state index is 13.0. The number of piperidine rings is 1. The van der Waals surface area contributed by atoms with Crippen molar-refractivity contribution in [2.45, 2.75) is 24.2 Å². The minimum absolute atomic E-state index is 0.0169. The highest BCUT2D eigenvalue weighted by atomic mass is 35.5. The van der Waals surface area contributed by atoms with E-state index in [1.807, 2.05) is 0 Å². The number of halogens is 1. The molecule has 1 N–H and O–H groups in total. The summed E-state index contributed by atoms with van der Waals surface area (Å²) in [7, 11) is -1.42. The molecule has 0 aromatic heterocycles. The predicted octanol–water partition coefficient (Wildman–Crippen LogP) is 3.34. The van der Waals surface area contributed by atoms with E-state index in [0.717, 1.165) is 19.3 Å². The average Bonchev–Trinajstić information content (AvgIpc) is 2.83. The summed E-state index contributed by atoms with van der Waals surface area (Å²) in [5.74, 6) is -2.15. The van der Waals surface area contributed by atoms with E-state index in [9.17, 15) is 22.8 Å². The van der Waals surface area contributed by atoms with Gasteiger partial charge in [-0.1, -0.05) is 18.0 Å². The third-order valence-corrected chi connectivity index (χ3v) is 7.39. The van der Waals surface area contributed by atoms with Gasteiger partial charge >= 0.3 is 11.9 Å². The van der Waals surface area contributed by atoms with Gasteiger partial charge in [0.15, 0.2) is 0 Å². The zero-order valence-electron chi connectivity index (χ0n) is 18.1. The molecule has 3 rings (SSSR count). The Morgan fingerprint density at radius 1 is 0.909 bits per heavy atom. The smallest absolute Gasteiger partial charge is 0.337 e. The van der Waals surface area contributed by atoms with Crippen LogP contribution in [0.5, 0.6) is 0 Å². The van der Waals surface area contributed by atoms with Crippen molar-refractivity contribution in [2.75, 3.05) is 32.6 Å². The van der Waals surface area contributed by atoms with Gasteiger partial charge in [0.05, 0.1) is 40.8 Å². The van der Waals surface area contributed by atoms with Crippen LogP contribution >= 0.6 is 11.6 Å². The number of esters is 2. The van der Waals surface area contributed by atoms with Gasteiger partial charge in [-0.25, -0.2) is 18.0 Å². The van der Waals surface area contributed by atoms with Gasteiger partial charge < -0.3 is 14.8 Å². The first-order valence-electron chi connectivity index (χ1n) is 10.1. The lowest BCUT2D eigenvalue weighted by molar-refractivity contribution is 0.0598. The van der Waals surface area contributed by atoms with Crippen LogP contribution in [0.3, 0.4) is 0 Å². The lowest BCUT2D eigenvalue weighted by Crippen LogP contribution is -2.35. The molecule has 1 heterocycles. The van der Waals surface area contributed by atoms with Crippen molar-refractivity contribution in [2.24, 2.45) is 0 Å². The molecule has 0 spiro atoms. The molecule has 0 saturated carbocycles. The van der Waals surface area contributed by atoms with Crippen molar-refractivity contribution in [1.82, 2.24) is 4.31 Å². The highest BCUT2D eigenvalue weighted by Crippen LogP contribution is 2.26. The van der Waals surface area contributed by atoms with E-state index >= 15 is 0 Å². The van der Waals surface area contributed by atoms with E-state index < -0.39 is 27.9 Å². The normalized spacial score (nSPS) is 14.4. The quantitative estimate of drug-likeness (QED) is 0.611. The first-order valence-corrected chi connectivity index (χ1v) is 11.9. The summed E-state index contributed by atoms with van der Waals surface area (Å²) < 4.78 is 36.7. The number of hydrogen-bond acceptors (Lipinski definition) is 7. The molecule has 1 aliphatic heterocycles. The Hall–Kier alpha value is -2.95. The minimum Gasteiger partial charge on any atom is -0.465 e. The third kappa shape index (κ3) is 5.52. The molecule has 1 saturated heterocycles. The van der Waals surface area contributed by atoms with Crippen molar-refractivity contribution >= 4 is 45.2 Å². The second kappa shape index (κ2) is 10.3. The largest absolute Gasteiger partial charge is 0.465 e. The highest BCUT2D eigenvalue weighted by Gasteiger charge is 2.27. The van der Waals surface area contributed by atoms with Crippen LogP contribution < -0.4 is 5.32 Å². The predicted molar refractivity (Wildman–Crippen MR) is 121 cm³/mol. The van der Waals surface area contributed by atoms with Crippen molar-refractivity contribution in [3.8, 4) is 0 Å². The summed E-state index contributed by atoms with van der Waals surface area (Å²) in [5, 5.41) is 2.59. The molecule has 1 amide bonds. The highest BCUT2D eigenvalue weighted by molar-refractivity contribution is 7.89. The summed E-state index contributed by atoms with van der Waals surface area (Å²) >= 11 is 6.18. The van der Waals surface area contributed by atoms with Crippen molar-refractivity contribution in [3.63, 3.8) is 0 Å². The molecule has 0 unspecified atom stereocenters. The van der Waals surface area contributed by atoms with Gasteiger partial charge in [-0.3, -0.25) is 4.79 Å². The zero-order chi connectivity index (χ0) is 24.2. The van der Waals surface area contributed by atoms with Gasteiger partial charge in [0.25, 0.3) is 5.91 Å². The number of nitrogens with one attached hydrogen (secondary N) is 1. The van der Waals surface area contributed by atoms with Gasteiger partial charge in [-0.15, -0.1) is 0 Å². The molecular formula is C22H23ClN2O7S. The van der Waals surface area contributed by atoms with Gasteiger partial charge in [-0.2, -0.15) is 4.31 Å². The van der Waals surface area contributed by atoms with Crippen LogP contribution in [-0.2, 0) is 19.5 Å². The van der Waals surface area contributed by atoms with E-state index in [2.05, 4.69) is 14.8 Å². The second-order valence-corrected chi connectivity index (χ2v) is 9.69. The Balaban J connectivity index is 1.94. The molecule has 2 aromatic rings. The number of nitrogens with zero attached hydrogens (tertiary/aromatic N) is 1. The molecule has 0 bridgehead atoms. The van der Waals surface area contributed by atoms with Crippen molar-refractivity contribution in [3.05, 3.63) is 58.1 Å². The Kier molecular flexibility index (Phi) is 7.72. The maximum Gasteiger partial charge on any atom is 0.337 e. The van der Waals surface area contributed by atoms with Crippen LogP contribution in [0.25, 0.3) is 0 Å². The van der Waals surface area contributed by atoms with Crippen LogP contribution in [-0.4, -0.2) is 57.9 Å². The minimum atomic E-state index is -3.78. The number of hydrogen-bond donors (Lipinski definition) is 1. The first-order chi connectivity index (χ1) is 15.7. The van der Waals surface area contributed by atoms with E-state index in [1.165, 1.54) is 54.9 Å². The SMILES string of the molecule is COC(=O)c1cc(NC(=O)c2cc(S(=O)(=O)N3CCCCC3)ccc2Cl)cc(C(=O)OC)c1. The molecule has 9 nitrogen and oxygen atoms in total. The van der Waals surface area contributed by atoms with E-state index in [-0.39, 0.29) is 32.3 Å². The number of carbonyl (C=O) groups excluding carboxylic acids is 3. The summed E-state index contributed by atoms with van der Waals surface area (Å²) in [5.41, 5.74) is 0.0629. The number of amides is 1. The Morgan fingerprint density at radius 2 is 1.48 bits per heavy atom. The lowest BCUT2D eigenvalue weighted by Gasteiger charge is -2.26. The van der Waals surface area contributed by atoms with Crippen molar-refractivity contribution < 1.29 is 32.3 Å². The second-order valence-electron chi connectivity index (χ2n) is 7.34. The fraction of sp³-hybridized carbons (Fsp3) is 0.318. The molecule has 11 heteroatoms. The third-order valence-electron chi connectivity index (χ3n) is 5.17. The number of ether oxygens (including phenoxy) is 2. The van der Waals surface area contributed by atoms with E-state index in [4.69, 9.17) is 11.6 Å². The maximum atomic E-state index is 13.0. The molecule has 0 atom stereocenters. The summed E-state index contributed by atoms with van der Waals surface area (Å²) in [6, 6.07) is 7.82. The Labute approximate surface area is 196 Å². The number of benzene rings is 2. The molecule has 1 aliphatic rings.